The molecule has 0 unspecified atom stereocenters. The monoisotopic (exact) mass is 238 g/mol. The maximum atomic E-state index is 6.02. The molecule has 0 radical (unpaired) electrons. The first-order valence-corrected chi connectivity index (χ1v) is 5.90. The van der Waals surface area contributed by atoms with E-state index in [1.54, 1.807) is 5.51 Å². The number of hydrogen-bond acceptors (Lipinski definition) is 6. The Hall–Kier alpha value is -1.27. The van der Waals surface area contributed by atoms with Gasteiger partial charge >= 0.3 is 0 Å². The predicted molar refractivity (Wildman–Crippen MR) is 61.8 cm³/mol. The van der Waals surface area contributed by atoms with Gasteiger partial charge < -0.3 is 10.3 Å². The standard InChI is InChI=1S/C10H14N4OS/c1-10(2,3)7(11)9-13-8(14-15-9)6-4-16-5-12-6/h4-5,7H,11H2,1-3H3/t7-/m0/s1. The molecule has 0 aliphatic rings. The van der Waals surface area contributed by atoms with Crippen LogP contribution in [0.2, 0.25) is 0 Å². The zero-order valence-electron chi connectivity index (χ0n) is 9.47. The van der Waals surface area contributed by atoms with Gasteiger partial charge in [-0.05, 0) is 5.41 Å². The molecule has 0 spiro atoms. The molecule has 2 rings (SSSR count). The zero-order chi connectivity index (χ0) is 11.8. The van der Waals surface area contributed by atoms with Gasteiger partial charge in [0.2, 0.25) is 11.7 Å². The van der Waals surface area contributed by atoms with Crippen molar-refractivity contribution in [3.8, 4) is 11.5 Å². The Morgan fingerprint density at radius 1 is 1.44 bits per heavy atom. The van der Waals surface area contributed by atoms with Crippen LogP contribution in [0.5, 0.6) is 0 Å². The quantitative estimate of drug-likeness (QED) is 0.868. The molecule has 0 aromatic carbocycles. The van der Waals surface area contributed by atoms with Gasteiger partial charge in [0, 0.05) is 5.38 Å². The summed E-state index contributed by atoms with van der Waals surface area (Å²) in [5.74, 6) is 0.950. The number of thiazole rings is 1. The van der Waals surface area contributed by atoms with Crippen molar-refractivity contribution in [2.24, 2.45) is 11.1 Å². The van der Waals surface area contributed by atoms with E-state index in [9.17, 15) is 0 Å². The Morgan fingerprint density at radius 3 is 2.75 bits per heavy atom. The molecule has 0 aliphatic heterocycles. The third-order valence-electron chi connectivity index (χ3n) is 2.30. The molecule has 0 amide bonds. The van der Waals surface area contributed by atoms with Crippen molar-refractivity contribution in [2.45, 2.75) is 26.8 Å². The van der Waals surface area contributed by atoms with Crippen molar-refractivity contribution in [3.05, 3.63) is 16.8 Å². The molecule has 2 aromatic heterocycles. The largest absolute Gasteiger partial charge is 0.337 e. The van der Waals surface area contributed by atoms with Crippen LogP contribution >= 0.6 is 11.3 Å². The Bertz CT molecular complexity index is 457. The van der Waals surface area contributed by atoms with Gasteiger partial charge in [0.25, 0.3) is 0 Å². The van der Waals surface area contributed by atoms with E-state index < -0.39 is 0 Å². The summed E-state index contributed by atoms with van der Waals surface area (Å²) in [4.78, 5) is 8.37. The van der Waals surface area contributed by atoms with Gasteiger partial charge in [-0.1, -0.05) is 25.9 Å². The number of nitrogens with zero attached hydrogens (tertiary/aromatic N) is 3. The van der Waals surface area contributed by atoms with E-state index in [4.69, 9.17) is 10.3 Å². The first-order valence-electron chi connectivity index (χ1n) is 4.96. The van der Waals surface area contributed by atoms with Crippen LogP contribution in [0.25, 0.3) is 11.5 Å². The number of nitrogens with two attached hydrogens (primary N) is 1. The molecular weight excluding hydrogens is 224 g/mol. The lowest BCUT2D eigenvalue weighted by molar-refractivity contribution is 0.253. The van der Waals surface area contributed by atoms with E-state index in [0.717, 1.165) is 5.69 Å². The number of aromatic nitrogens is 3. The molecule has 5 nitrogen and oxygen atoms in total. The Labute approximate surface area is 97.7 Å². The molecule has 0 saturated carbocycles. The number of rotatable bonds is 2. The van der Waals surface area contributed by atoms with Crippen molar-refractivity contribution in [1.29, 1.82) is 0 Å². The van der Waals surface area contributed by atoms with Crippen LogP contribution in [0.4, 0.5) is 0 Å². The highest BCUT2D eigenvalue weighted by Crippen LogP contribution is 2.30. The summed E-state index contributed by atoms with van der Waals surface area (Å²) in [5, 5.41) is 5.74. The minimum absolute atomic E-state index is 0.105. The molecule has 0 bridgehead atoms. The van der Waals surface area contributed by atoms with Crippen LogP contribution in [-0.4, -0.2) is 15.1 Å². The molecule has 16 heavy (non-hydrogen) atoms. The molecule has 2 heterocycles. The van der Waals surface area contributed by atoms with Crippen LogP contribution in [0, 0.1) is 5.41 Å². The fourth-order valence-electron chi connectivity index (χ4n) is 1.16. The van der Waals surface area contributed by atoms with E-state index in [1.165, 1.54) is 11.3 Å². The maximum Gasteiger partial charge on any atom is 0.244 e. The van der Waals surface area contributed by atoms with Gasteiger partial charge in [0.15, 0.2) is 0 Å². The summed E-state index contributed by atoms with van der Waals surface area (Å²) in [6.45, 7) is 6.10. The predicted octanol–water partition coefficient (Wildman–Crippen LogP) is 2.24. The summed E-state index contributed by atoms with van der Waals surface area (Å²) >= 11 is 1.49. The Balaban J connectivity index is 2.27. The van der Waals surface area contributed by atoms with Gasteiger partial charge in [-0.15, -0.1) is 11.3 Å². The van der Waals surface area contributed by atoms with Crippen LogP contribution < -0.4 is 5.73 Å². The second-order valence-electron chi connectivity index (χ2n) is 4.67. The first kappa shape index (κ1) is 11.2. The molecule has 0 aliphatic carbocycles. The van der Waals surface area contributed by atoms with Crippen molar-refractivity contribution in [2.75, 3.05) is 0 Å². The third kappa shape index (κ3) is 2.12. The average Bonchev–Trinajstić information content (AvgIpc) is 2.85. The second kappa shape index (κ2) is 3.95. The van der Waals surface area contributed by atoms with E-state index >= 15 is 0 Å². The second-order valence-corrected chi connectivity index (χ2v) is 5.39. The summed E-state index contributed by atoms with van der Waals surface area (Å²) in [6, 6.07) is -0.271. The van der Waals surface area contributed by atoms with Gasteiger partial charge in [-0.3, -0.25) is 0 Å². The van der Waals surface area contributed by atoms with Crippen molar-refractivity contribution >= 4 is 11.3 Å². The van der Waals surface area contributed by atoms with E-state index in [2.05, 4.69) is 15.1 Å². The Kier molecular flexibility index (Phi) is 2.77. The van der Waals surface area contributed by atoms with Crippen LogP contribution in [0.15, 0.2) is 15.4 Å². The lowest BCUT2D eigenvalue weighted by Crippen LogP contribution is -2.26. The fourth-order valence-corrected chi connectivity index (χ4v) is 1.69. The Morgan fingerprint density at radius 2 is 2.19 bits per heavy atom. The maximum absolute atomic E-state index is 6.02. The molecule has 0 fully saturated rings. The summed E-state index contributed by atoms with van der Waals surface area (Å²) < 4.78 is 5.16. The molecule has 2 aromatic rings. The normalized spacial score (nSPS) is 14.0. The van der Waals surface area contributed by atoms with Crippen LogP contribution in [0.1, 0.15) is 32.7 Å². The van der Waals surface area contributed by atoms with Crippen molar-refractivity contribution in [1.82, 2.24) is 15.1 Å². The van der Waals surface area contributed by atoms with Gasteiger partial charge in [-0.25, -0.2) is 4.98 Å². The van der Waals surface area contributed by atoms with Gasteiger partial charge in [0.05, 0.1) is 11.6 Å². The smallest absolute Gasteiger partial charge is 0.244 e. The topological polar surface area (TPSA) is 77.8 Å². The van der Waals surface area contributed by atoms with Crippen molar-refractivity contribution in [3.63, 3.8) is 0 Å². The van der Waals surface area contributed by atoms with E-state index in [0.29, 0.717) is 11.7 Å². The molecule has 6 heteroatoms. The summed E-state index contributed by atoms with van der Waals surface area (Å²) in [7, 11) is 0. The molecule has 0 saturated heterocycles. The molecule has 1 atom stereocenters. The van der Waals surface area contributed by atoms with E-state index in [-0.39, 0.29) is 11.5 Å². The first-order chi connectivity index (χ1) is 7.48. The fraction of sp³-hybridized carbons (Fsp3) is 0.500. The molecule has 2 N–H and O–H groups in total. The highest BCUT2D eigenvalue weighted by atomic mass is 32.1. The molecule has 86 valence electrons. The van der Waals surface area contributed by atoms with Gasteiger partial charge in [0.1, 0.15) is 5.69 Å². The minimum Gasteiger partial charge on any atom is -0.337 e. The highest BCUT2D eigenvalue weighted by molar-refractivity contribution is 7.07. The summed E-state index contributed by atoms with van der Waals surface area (Å²) in [6.07, 6.45) is 0. The lowest BCUT2D eigenvalue weighted by atomic mass is 9.87. The van der Waals surface area contributed by atoms with Crippen LogP contribution in [0.3, 0.4) is 0 Å². The zero-order valence-corrected chi connectivity index (χ0v) is 10.3. The minimum atomic E-state index is -0.271. The molecular formula is C10H14N4OS. The van der Waals surface area contributed by atoms with E-state index in [1.807, 2.05) is 26.2 Å². The van der Waals surface area contributed by atoms with Crippen molar-refractivity contribution < 1.29 is 4.52 Å². The van der Waals surface area contributed by atoms with Gasteiger partial charge in [-0.2, -0.15) is 4.98 Å². The third-order valence-corrected chi connectivity index (χ3v) is 2.89. The highest BCUT2D eigenvalue weighted by Gasteiger charge is 2.27. The summed E-state index contributed by atoms with van der Waals surface area (Å²) in [5.41, 5.74) is 8.37. The number of hydrogen-bond donors (Lipinski definition) is 1. The lowest BCUT2D eigenvalue weighted by Gasteiger charge is -2.23. The van der Waals surface area contributed by atoms with Crippen LogP contribution in [-0.2, 0) is 0 Å². The SMILES string of the molecule is CC(C)(C)[C@@H](N)c1nc(-c2cscn2)no1. The average molecular weight is 238 g/mol.